The molecule has 0 spiro atoms. The summed E-state index contributed by atoms with van der Waals surface area (Å²) < 4.78 is 11.5. The first-order valence-electron chi connectivity index (χ1n) is 9.69. The number of amides is 1. The Morgan fingerprint density at radius 3 is 2.59 bits per heavy atom. The molecule has 0 heterocycles. The maximum atomic E-state index is 12.2. The molecule has 0 aliphatic carbocycles. The van der Waals surface area contributed by atoms with Gasteiger partial charge in [0.25, 0.3) is 11.6 Å². The molecular formula is C23H20ClN3O5. The Kier molecular flexibility index (Phi) is 7.77. The number of hydrogen-bond acceptors (Lipinski definition) is 6. The van der Waals surface area contributed by atoms with Gasteiger partial charge in [0, 0.05) is 11.6 Å². The van der Waals surface area contributed by atoms with Gasteiger partial charge in [0.1, 0.15) is 11.6 Å². The van der Waals surface area contributed by atoms with Crippen LogP contribution in [-0.4, -0.2) is 23.7 Å². The monoisotopic (exact) mass is 453 g/mol. The largest absolute Gasteiger partial charge is 0.490 e. The molecular weight excluding hydrogens is 434 g/mol. The molecule has 0 radical (unpaired) electrons. The fourth-order valence-electron chi connectivity index (χ4n) is 2.75. The molecule has 9 heteroatoms. The molecule has 0 bridgehead atoms. The molecule has 3 aromatic rings. The number of benzene rings is 3. The SMILES string of the molecule is CCOc1cc(/C=N/NC(=O)c2ccc(Cl)c([N+](=O)[O-])c2)ccc1OCc1ccccc1. The molecule has 1 amide bonds. The summed E-state index contributed by atoms with van der Waals surface area (Å²) in [5, 5.41) is 14.8. The van der Waals surface area contributed by atoms with Crippen molar-refractivity contribution in [3.05, 3.63) is 98.6 Å². The minimum absolute atomic E-state index is 0.0481. The summed E-state index contributed by atoms with van der Waals surface area (Å²) in [4.78, 5) is 22.5. The number of nitro benzene ring substituents is 1. The Bertz CT molecular complexity index is 1140. The second kappa shape index (κ2) is 10.9. The Labute approximate surface area is 189 Å². The highest BCUT2D eigenvalue weighted by Gasteiger charge is 2.16. The minimum atomic E-state index is -0.654. The van der Waals surface area contributed by atoms with Crippen LogP contribution in [0.3, 0.4) is 0 Å². The highest BCUT2D eigenvalue weighted by atomic mass is 35.5. The molecule has 1 N–H and O–H groups in total. The van der Waals surface area contributed by atoms with Crippen LogP contribution in [0.15, 0.2) is 71.8 Å². The van der Waals surface area contributed by atoms with Crippen LogP contribution >= 0.6 is 11.6 Å². The van der Waals surface area contributed by atoms with Crippen LogP contribution < -0.4 is 14.9 Å². The van der Waals surface area contributed by atoms with Crippen molar-refractivity contribution in [3.63, 3.8) is 0 Å². The van der Waals surface area contributed by atoms with Crippen molar-refractivity contribution in [1.82, 2.24) is 5.43 Å². The number of ether oxygens (including phenoxy) is 2. The van der Waals surface area contributed by atoms with E-state index in [4.69, 9.17) is 21.1 Å². The zero-order valence-electron chi connectivity index (χ0n) is 17.2. The van der Waals surface area contributed by atoms with Crippen LogP contribution in [0.25, 0.3) is 0 Å². The van der Waals surface area contributed by atoms with E-state index in [-0.39, 0.29) is 16.3 Å². The summed E-state index contributed by atoms with van der Waals surface area (Å²) >= 11 is 5.77. The predicted molar refractivity (Wildman–Crippen MR) is 122 cm³/mol. The van der Waals surface area contributed by atoms with E-state index in [1.165, 1.54) is 18.3 Å². The van der Waals surface area contributed by atoms with Crippen molar-refractivity contribution in [2.45, 2.75) is 13.5 Å². The van der Waals surface area contributed by atoms with Gasteiger partial charge in [-0.3, -0.25) is 14.9 Å². The third-order valence-corrected chi connectivity index (χ3v) is 4.61. The van der Waals surface area contributed by atoms with Crippen LogP contribution in [0, 0.1) is 10.1 Å². The van der Waals surface area contributed by atoms with Crippen molar-refractivity contribution in [1.29, 1.82) is 0 Å². The van der Waals surface area contributed by atoms with Gasteiger partial charge in [-0.15, -0.1) is 0 Å². The second-order valence-corrected chi connectivity index (χ2v) is 6.94. The van der Waals surface area contributed by atoms with Crippen LogP contribution in [0.1, 0.15) is 28.4 Å². The van der Waals surface area contributed by atoms with E-state index in [0.717, 1.165) is 11.6 Å². The van der Waals surface area contributed by atoms with E-state index in [2.05, 4.69) is 10.5 Å². The van der Waals surface area contributed by atoms with E-state index in [0.29, 0.717) is 30.3 Å². The van der Waals surface area contributed by atoms with Crippen LogP contribution in [-0.2, 0) is 6.61 Å². The molecule has 0 aromatic heterocycles. The summed E-state index contributed by atoms with van der Waals surface area (Å²) in [6.45, 7) is 2.72. The number of hydrogen-bond donors (Lipinski definition) is 1. The molecule has 0 unspecified atom stereocenters. The van der Waals surface area contributed by atoms with Gasteiger partial charge < -0.3 is 9.47 Å². The molecule has 0 aliphatic heterocycles. The van der Waals surface area contributed by atoms with Gasteiger partial charge in [-0.25, -0.2) is 5.43 Å². The molecule has 164 valence electrons. The molecule has 0 saturated carbocycles. The summed E-state index contributed by atoms with van der Waals surface area (Å²) in [7, 11) is 0. The lowest BCUT2D eigenvalue weighted by Gasteiger charge is -2.12. The highest BCUT2D eigenvalue weighted by Crippen LogP contribution is 2.29. The maximum absolute atomic E-state index is 12.2. The Morgan fingerprint density at radius 2 is 1.88 bits per heavy atom. The number of nitrogens with one attached hydrogen (secondary N) is 1. The second-order valence-electron chi connectivity index (χ2n) is 6.54. The first-order chi connectivity index (χ1) is 15.5. The predicted octanol–water partition coefficient (Wildman–Crippen LogP) is 4.99. The van der Waals surface area contributed by atoms with Gasteiger partial charge in [0.05, 0.1) is 17.7 Å². The smallest absolute Gasteiger partial charge is 0.288 e. The van der Waals surface area contributed by atoms with E-state index in [1.807, 2.05) is 37.3 Å². The molecule has 3 rings (SSSR count). The van der Waals surface area contributed by atoms with Crippen LogP contribution in [0.2, 0.25) is 5.02 Å². The fourth-order valence-corrected chi connectivity index (χ4v) is 2.94. The van der Waals surface area contributed by atoms with E-state index in [1.54, 1.807) is 18.2 Å². The van der Waals surface area contributed by atoms with Gasteiger partial charge in [-0.05, 0) is 48.4 Å². The normalized spacial score (nSPS) is 10.7. The number of nitrogens with zero attached hydrogens (tertiary/aromatic N) is 2. The zero-order valence-corrected chi connectivity index (χ0v) is 17.9. The quantitative estimate of drug-likeness (QED) is 0.279. The van der Waals surface area contributed by atoms with E-state index in [9.17, 15) is 14.9 Å². The minimum Gasteiger partial charge on any atom is -0.490 e. The number of nitro groups is 1. The summed E-state index contributed by atoms with van der Waals surface area (Å²) in [5.41, 5.74) is 3.76. The van der Waals surface area contributed by atoms with Crippen LogP contribution in [0.4, 0.5) is 5.69 Å². The lowest BCUT2D eigenvalue weighted by molar-refractivity contribution is -0.384. The molecule has 0 atom stereocenters. The lowest BCUT2D eigenvalue weighted by Crippen LogP contribution is -2.17. The van der Waals surface area contributed by atoms with E-state index < -0.39 is 10.8 Å². The molecule has 8 nitrogen and oxygen atoms in total. The number of hydrazone groups is 1. The fraction of sp³-hybridized carbons (Fsp3) is 0.130. The van der Waals surface area contributed by atoms with Crippen molar-refractivity contribution >= 4 is 29.4 Å². The van der Waals surface area contributed by atoms with Crippen molar-refractivity contribution in [2.75, 3.05) is 6.61 Å². The van der Waals surface area contributed by atoms with Gasteiger partial charge in [0.2, 0.25) is 0 Å². The molecule has 32 heavy (non-hydrogen) atoms. The first-order valence-corrected chi connectivity index (χ1v) is 10.1. The molecule has 0 saturated heterocycles. The van der Waals surface area contributed by atoms with Gasteiger partial charge in [-0.2, -0.15) is 5.10 Å². The number of carbonyl (C=O) groups excluding carboxylic acids is 1. The third-order valence-electron chi connectivity index (χ3n) is 4.29. The molecule has 3 aromatic carbocycles. The van der Waals surface area contributed by atoms with Gasteiger partial charge >= 0.3 is 0 Å². The van der Waals surface area contributed by atoms with Gasteiger partial charge in [0.15, 0.2) is 11.5 Å². The molecule has 0 aliphatic rings. The standard InChI is InChI=1S/C23H20ClN3O5/c1-2-31-22-12-17(8-11-21(22)32-15-16-6-4-3-5-7-16)14-25-26-23(28)18-9-10-19(24)20(13-18)27(29)30/h3-14H,2,15H2,1H3,(H,26,28)/b25-14+. The first kappa shape index (κ1) is 22.8. The number of rotatable bonds is 9. The maximum Gasteiger partial charge on any atom is 0.288 e. The molecule has 0 fully saturated rings. The van der Waals surface area contributed by atoms with Crippen molar-refractivity contribution in [3.8, 4) is 11.5 Å². The number of carbonyl (C=O) groups is 1. The highest BCUT2D eigenvalue weighted by molar-refractivity contribution is 6.32. The zero-order chi connectivity index (χ0) is 22.9. The summed E-state index contributed by atoms with van der Waals surface area (Å²) in [5.74, 6) is 0.534. The third kappa shape index (κ3) is 6.05. The lowest BCUT2D eigenvalue weighted by atomic mass is 10.2. The Balaban J connectivity index is 1.67. The van der Waals surface area contributed by atoms with Crippen molar-refractivity contribution < 1.29 is 19.2 Å². The van der Waals surface area contributed by atoms with Gasteiger partial charge in [-0.1, -0.05) is 41.9 Å². The summed E-state index contributed by atoms with van der Waals surface area (Å²) in [6, 6.07) is 18.8. The average molecular weight is 454 g/mol. The Morgan fingerprint density at radius 1 is 1.09 bits per heavy atom. The topological polar surface area (TPSA) is 103 Å². The van der Waals surface area contributed by atoms with Crippen LogP contribution in [0.5, 0.6) is 11.5 Å². The number of halogens is 1. The van der Waals surface area contributed by atoms with Crippen molar-refractivity contribution in [2.24, 2.45) is 5.10 Å². The van der Waals surface area contributed by atoms with E-state index >= 15 is 0 Å². The Hall–Kier alpha value is -3.91. The summed E-state index contributed by atoms with van der Waals surface area (Å²) in [6.07, 6.45) is 1.44. The average Bonchev–Trinajstić information content (AvgIpc) is 2.79.